The van der Waals surface area contributed by atoms with E-state index in [0.717, 1.165) is 39.0 Å². The first-order valence-electron chi connectivity index (χ1n) is 12.1. The van der Waals surface area contributed by atoms with Crippen LogP contribution in [0.2, 0.25) is 0 Å². The van der Waals surface area contributed by atoms with Crippen molar-refractivity contribution >= 4 is 17.7 Å². The van der Waals surface area contributed by atoms with Crippen LogP contribution in [0.3, 0.4) is 0 Å². The zero-order chi connectivity index (χ0) is 22.8. The van der Waals surface area contributed by atoms with Gasteiger partial charge >= 0.3 is 0 Å². The summed E-state index contributed by atoms with van der Waals surface area (Å²) in [4.78, 5) is 46.3. The summed E-state index contributed by atoms with van der Waals surface area (Å²) in [6.45, 7) is 16.8. The first kappa shape index (κ1) is 24.0. The molecular formula is C24H42N4O3. The molecule has 3 heterocycles. The smallest absolute Gasteiger partial charge is 0.236 e. The van der Waals surface area contributed by atoms with Gasteiger partial charge < -0.3 is 14.7 Å². The number of rotatable bonds is 3. The summed E-state index contributed by atoms with van der Waals surface area (Å²) < 4.78 is 0. The standard InChI is InChI=1S/C24H42N4O3/c1-18-14-19(2)16-28(15-18)21(29)17-25-10-12-26(13-11-25)22(30)20-6-8-27(9-7-20)23(31)24(3,4)5/h18-20H,6-17H2,1-5H3. The van der Waals surface area contributed by atoms with E-state index in [9.17, 15) is 14.4 Å². The van der Waals surface area contributed by atoms with Crippen LogP contribution in [0.1, 0.15) is 53.9 Å². The molecule has 0 aromatic heterocycles. The molecule has 176 valence electrons. The molecule has 0 saturated carbocycles. The summed E-state index contributed by atoms with van der Waals surface area (Å²) in [6.07, 6.45) is 2.71. The van der Waals surface area contributed by atoms with Gasteiger partial charge in [-0.15, -0.1) is 0 Å². The molecule has 0 bridgehead atoms. The van der Waals surface area contributed by atoms with Crippen molar-refractivity contribution in [3.05, 3.63) is 0 Å². The highest BCUT2D eigenvalue weighted by molar-refractivity contribution is 5.83. The van der Waals surface area contributed by atoms with E-state index in [1.54, 1.807) is 0 Å². The van der Waals surface area contributed by atoms with E-state index >= 15 is 0 Å². The van der Waals surface area contributed by atoms with Crippen molar-refractivity contribution in [3.63, 3.8) is 0 Å². The van der Waals surface area contributed by atoms with Gasteiger partial charge in [0.15, 0.2) is 0 Å². The third-order valence-corrected chi connectivity index (χ3v) is 7.04. The second-order valence-electron chi connectivity index (χ2n) is 11.2. The first-order chi connectivity index (χ1) is 14.5. The van der Waals surface area contributed by atoms with Gasteiger partial charge in [0, 0.05) is 63.7 Å². The second-order valence-corrected chi connectivity index (χ2v) is 11.2. The molecule has 0 aliphatic carbocycles. The first-order valence-corrected chi connectivity index (χ1v) is 12.1. The van der Waals surface area contributed by atoms with Crippen LogP contribution in [0, 0.1) is 23.2 Å². The van der Waals surface area contributed by atoms with Crippen LogP contribution in [-0.4, -0.2) is 96.2 Å². The van der Waals surface area contributed by atoms with Crippen LogP contribution in [0.4, 0.5) is 0 Å². The van der Waals surface area contributed by atoms with Gasteiger partial charge in [0.1, 0.15) is 0 Å². The second kappa shape index (κ2) is 9.88. The third-order valence-electron chi connectivity index (χ3n) is 7.04. The molecule has 3 saturated heterocycles. The van der Waals surface area contributed by atoms with Crippen LogP contribution < -0.4 is 0 Å². The van der Waals surface area contributed by atoms with Crippen molar-refractivity contribution in [2.24, 2.45) is 23.2 Å². The molecule has 0 aromatic rings. The van der Waals surface area contributed by atoms with Gasteiger partial charge in [0.05, 0.1) is 6.54 Å². The Morgan fingerprint density at radius 1 is 0.774 bits per heavy atom. The average Bonchev–Trinajstić information content (AvgIpc) is 2.72. The van der Waals surface area contributed by atoms with E-state index in [1.807, 2.05) is 35.5 Å². The minimum Gasteiger partial charge on any atom is -0.342 e. The van der Waals surface area contributed by atoms with Crippen LogP contribution in [0.5, 0.6) is 0 Å². The quantitative estimate of drug-likeness (QED) is 0.681. The van der Waals surface area contributed by atoms with E-state index in [2.05, 4.69) is 18.7 Å². The lowest BCUT2D eigenvalue weighted by Gasteiger charge is -2.40. The molecule has 0 radical (unpaired) electrons. The van der Waals surface area contributed by atoms with E-state index < -0.39 is 0 Å². The molecule has 3 amide bonds. The largest absolute Gasteiger partial charge is 0.342 e. The number of carbonyl (C=O) groups excluding carboxylic acids is 3. The number of piperidine rings is 2. The summed E-state index contributed by atoms with van der Waals surface area (Å²) in [5, 5.41) is 0. The van der Waals surface area contributed by atoms with Crippen LogP contribution in [0.15, 0.2) is 0 Å². The molecule has 3 aliphatic rings. The summed E-state index contributed by atoms with van der Waals surface area (Å²) in [7, 11) is 0. The van der Waals surface area contributed by atoms with E-state index in [1.165, 1.54) is 6.42 Å². The molecule has 3 rings (SSSR count). The maximum Gasteiger partial charge on any atom is 0.236 e. The molecule has 3 fully saturated rings. The number of piperazine rings is 1. The summed E-state index contributed by atoms with van der Waals surface area (Å²) in [6, 6.07) is 0. The van der Waals surface area contributed by atoms with E-state index in [0.29, 0.717) is 44.6 Å². The average molecular weight is 435 g/mol. The van der Waals surface area contributed by atoms with Gasteiger partial charge in [-0.25, -0.2) is 0 Å². The fourth-order valence-corrected chi connectivity index (χ4v) is 5.35. The number of hydrogen-bond donors (Lipinski definition) is 0. The van der Waals surface area contributed by atoms with Gasteiger partial charge in [0.25, 0.3) is 0 Å². The van der Waals surface area contributed by atoms with Gasteiger partial charge in [-0.05, 0) is 31.1 Å². The Balaban J connectivity index is 1.41. The highest BCUT2D eigenvalue weighted by atomic mass is 16.2. The van der Waals surface area contributed by atoms with Crippen LogP contribution >= 0.6 is 0 Å². The molecule has 7 nitrogen and oxygen atoms in total. The number of amides is 3. The topological polar surface area (TPSA) is 64.2 Å². The molecule has 31 heavy (non-hydrogen) atoms. The van der Waals surface area contributed by atoms with Crippen LogP contribution in [-0.2, 0) is 14.4 Å². The third kappa shape index (κ3) is 6.21. The predicted molar refractivity (Wildman–Crippen MR) is 121 cm³/mol. The monoisotopic (exact) mass is 434 g/mol. The fourth-order valence-electron chi connectivity index (χ4n) is 5.35. The molecular weight excluding hydrogens is 392 g/mol. The van der Waals surface area contributed by atoms with Crippen molar-refractivity contribution < 1.29 is 14.4 Å². The van der Waals surface area contributed by atoms with Gasteiger partial charge in [-0.3, -0.25) is 19.3 Å². The Labute approximate surface area is 188 Å². The Bertz CT molecular complexity index is 648. The Kier molecular flexibility index (Phi) is 7.66. The molecule has 7 heteroatoms. The lowest BCUT2D eigenvalue weighted by atomic mass is 9.90. The Morgan fingerprint density at radius 3 is 1.84 bits per heavy atom. The Morgan fingerprint density at radius 2 is 1.32 bits per heavy atom. The minimum atomic E-state index is -0.366. The molecule has 2 unspecified atom stereocenters. The normalized spacial score (nSPS) is 26.8. The number of hydrogen-bond acceptors (Lipinski definition) is 4. The van der Waals surface area contributed by atoms with Crippen molar-refractivity contribution in [1.82, 2.24) is 19.6 Å². The molecule has 0 spiro atoms. The Hall–Kier alpha value is -1.63. The molecule has 2 atom stereocenters. The predicted octanol–water partition coefficient (Wildman–Crippen LogP) is 1.92. The highest BCUT2D eigenvalue weighted by Gasteiger charge is 2.35. The van der Waals surface area contributed by atoms with Crippen molar-refractivity contribution in [1.29, 1.82) is 0 Å². The summed E-state index contributed by atoms with van der Waals surface area (Å²) in [5.74, 6) is 1.81. The number of carbonyl (C=O) groups is 3. The lowest BCUT2D eigenvalue weighted by molar-refractivity contribution is -0.146. The zero-order valence-corrected chi connectivity index (χ0v) is 20.2. The van der Waals surface area contributed by atoms with Gasteiger partial charge in [-0.1, -0.05) is 34.6 Å². The molecule has 0 aromatic carbocycles. The zero-order valence-electron chi connectivity index (χ0n) is 20.2. The SMILES string of the molecule is CC1CC(C)CN(C(=O)CN2CCN(C(=O)C3CCN(C(=O)C(C)(C)C)CC3)CC2)C1. The van der Waals surface area contributed by atoms with Gasteiger partial charge in [-0.2, -0.15) is 0 Å². The minimum absolute atomic E-state index is 0.0218. The fraction of sp³-hybridized carbons (Fsp3) is 0.875. The summed E-state index contributed by atoms with van der Waals surface area (Å²) >= 11 is 0. The van der Waals surface area contributed by atoms with Crippen LogP contribution in [0.25, 0.3) is 0 Å². The summed E-state index contributed by atoms with van der Waals surface area (Å²) in [5.41, 5.74) is -0.366. The molecule has 3 aliphatic heterocycles. The number of likely N-dealkylation sites (tertiary alicyclic amines) is 2. The van der Waals surface area contributed by atoms with Crippen molar-refractivity contribution in [2.45, 2.75) is 53.9 Å². The maximum atomic E-state index is 13.0. The highest BCUT2D eigenvalue weighted by Crippen LogP contribution is 2.25. The lowest BCUT2D eigenvalue weighted by Crippen LogP contribution is -2.54. The van der Waals surface area contributed by atoms with E-state index in [4.69, 9.17) is 0 Å². The number of nitrogens with zero attached hydrogens (tertiary/aromatic N) is 4. The van der Waals surface area contributed by atoms with Crippen molar-refractivity contribution in [3.8, 4) is 0 Å². The van der Waals surface area contributed by atoms with Gasteiger partial charge in [0.2, 0.25) is 17.7 Å². The molecule has 0 N–H and O–H groups in total. The van der Waals surface area contributed by atoms with E-state index in [-0.39, 0.29) is 29.1 Å². The maximum absolute atomic E-state index is 13.0. The van der Waals surface area contributed by atoms with Crippen molar-refractivity contribution in [2.75, 3.05) is 58.9 Å².